The zero-order valence-electron chi connectivity index (χ0n) is 17.6. The van der Waals surface area contributed by atoms with Crippen molar-refractivity contribution in [3.63, 3.8) is 0 Å². The Balaban J connectivity index is 1.87. The summed E-state index contributed by atoms with van der Waals surface area (Å²) in [6.07, 6.45) is 5.39. The van der Waals surface area contributed by atoms with Crippen molar-refractivity contribution < 1.29 is 13.9 Å². The van der Waals surface area contributed by atoms with Crippen LogP contribution in [0.1, 0.15) is 31.0 Å². The number of fused-ring (bicyclic) bond motifs is 1. The highest BCUT2D eigenvalue weighted by Gasteiger charge is 2.30. The highest BCUT2D eigenvalue weighted by Crippen LogP contribution is 2.26. The third-order valence-corrected chi connectivity index (χ3v) is 5.98. The Morgan fingerprint density at radius 3 is 2.56 bits per heavy atom. The lowest BCUT2D eigenvalue weighted by molar-refractivity contribution is -0.139. The van der Waals surface area contributed by atoms with Crippen molar-refractivity contribution in [1.29, 1.82) is 0 Å². The second kappa shape index (κ2) is 9.28. The van der Waals surface area contributed by atoms with Gasteiger partial charge in [-0.15, -0.1) is 0 Å². The summed E-state index contributed by atoms with van der Waals surface area (Å²) in [5.74, 6) is -0.839. The second-order valence-electron chi connectivity index (χ2n) is 7.17. The van der Waals surface area contributed by atoms with Crippen LogP contribution in [-0.4, -0.2) is 17.1 Å². The SMILES string of the molecule is CCOC(=O)C1=C(C)N=c2s/c(=C\c3ccc(F)cc3)c(=O)n2[C@H]1/C=C/c1ccccc1. The van der Waals surface area contributed by atoms with Gasteiger partial charge in [-0.25, -0.2) is 14.2 Å². The number of esters is 1. The highest BCUT2D eigenvalue weighted by molar-refractivity contribution is 7.07. The Morgan fingerprint density at radius 1 is 1.16 bits per heavy atom. The average molecular weight is 449 g/mol. The molecule has 162 valence electrons. The number of ether oxygens (including phenoxy) is 1. The first kappa shape index (κ1) is 21.6. The minimum atomic E-state index is -0.652. The van der Waals surface area contributed by atoms with Crippen LogP contribution < -0.4 is 14.9 Å². The van der Waals surface area contributed by atoms with Crippen LogP contribution in [0.3, 0.4) is 0 Å². The number of thiazole rings is 1. The first-order valence-electron chi connectivity index (χ1n) is 10.2. The van der Waals surface area contributed by atoms with Gasteiger partial charge >= 0.3 is 5.97 Å². The van der Waals surface area contributed by atoms with Gasteiger partial charge in [0.15, 0.2) is 4.80 Å². The number of carbonyl (C=O) groups excluding carboxylic acids is 1. The maximum absolute atomic E-state index is 13.3. The fourth-order valence-corrected chi connectivity index (χ4v) is 4.55. The lowest BCUT2D eigenvalue weighted by atomic mass is 10.0. The van der Waals surface area contributed by atoms with Crippen molar-refractivity contribution >= 4 is 29.5 Å². The van der Waals surface area contributed by atoms with E-state index in [1.807, 2.05) is 42.5 Å². The molecule has 7 heteroatoms. The smallest absolute Gasteiger partial charge is 0.338 e. The van der Waals surface area contributed by atoms with E-state index in [1.165, 1.54) is 28.0 Å². The highest BCUT2D eigenvalue weighted by atomic mass is 32.1. The molecule has 2 aromatic carbocycles. The molecular weight excluding hydrogens is 427 g/mol. The molecule has 0 unspecified atom stereocenters. The summed E-state index contributed by atoms with van der Waals surface area (Å²) < 4.78 is 20.5. The molecule has 0 bridgehead atoms. The Labute approximate surface area is 188 Å². The molecule has 1 atom stereocenters. The Bertz CT molecular complexity index is 1380. The maximum Gasteiger partial charge on any atom is 0.338 e. The second-order valence-corrected chi connectivity index (χ2v) is 8.18. The van der Waals surface area contributed by atoms with Gasteiger partial charge in [-0.05, 0) is 43.2 Å². The van der Waals surface area contributed by atoms with Crippen LogP contribution in [0.15, 0.2) is 81.7 Å². The third-order valence-electron chi connectivity index (χ3n) is 5.00. The van der Waals surface area contributed by atoms with Gasteiger partial charge in [0.2, 0.25) is 0 Å². The summed E-state index contributed by atoms with van der Waals surface area (Å²) in [5.41, 5.74) is 2.23. The van der Waals surface area contributed by atoms with E-state index >= 15 is 0 Å². The summed E-state index contributed by atoms with van der Waals surface area (Å²) in [7, 11) is 0. The lowest BCUT2D eigenvalue weighted by Gasteiger charge is -2.21. The number of carbonyl (C=O) groups is 1. The lowest BCUT2D eigenvalue weighted by Crippen LogP contribution is -2.38. The molecule has 0 saturated heterocycles. The number of hydrogen-bond donors (Lipinski definition) is 0. The van der Waals surface area contributed by atoms with Crippen LogP contribution in [0, 0.1) is 5.82 Å². The van der Waals surface area contributed by atoms with Crippen LogP contribution in [0.2, 0.25) is 0 Å². The minimum Gasteiger partial charge on any atom is -0.463 e. The Morgan fingerprint density at radius 2 is 1.88 bits per heavy atom. The van der Waals surface area contributed by atoms with Crippen molar-refractivity contribution in [2.24, 2.45) is 4.99 Å². The Hall–Kier alpha value is -3.58. The first-order chi connectivity index (χ1) is 15.5. The fraction of sp³-hybridized carbons (Fsp3) is 0.160. The van der Waals surface area contributed by atoms with Crippen LogP contribution in [0.5, 0.6) is 0 Å². The zero-order chi connectivity index (χ0) is 22.7. The average Bonchev–Trinajstić information content (AvgIpc) is 3.09. The van der Waals surface area contributed by atoms with Crippen molar-refractivity contribution in [2.45, 2.75) is 19.9 Å². The monoisotopic (exact) mass is 448 g/mol. The molecule has 0 N–H and O–H groups in total. The molecule has 3 aromatic rings. The van der Waals surface area contributed by atoms with E-state index in [9.17, 15) is 14.0 Å². The van der Waals surface area contributed by atoms with Gasteiger partial charge in [-0.1, -0.05) is 66.0 Å². The largest absolute Gasteiger partial charge is 0.463 e. The molecule has 1 aliphatic rings. The molecule has 2 heterocycles. The zero-order valence-corrected chi connectivity index (χ0v) is 18.4. The molecule has 0 aliphatic carbocycles. The van der Waals surface area contributed by atoms with Crippen molar-refractivity contribution in [2.75, 3.05) is 6.61 Å². The Kier molecular flexibility index (Phi) is 6.28. The van der Waals surface area contributed by atoms with Gasteiger partial charge < -0.3 is 4.74 Å². The van der Waals surface area contributed by atoms with E-state index in [4.69, 9.17) is 4.74 Å². The standard InChI is InChI=1S/C25H21FN2O3S/c1-3-31-24(30)22-16(2)27-25-28(20(22)14-11-17-7-5-4-6-8-17)23(29)21(32-25)15-18-9-12-19(26)13-10-18/h4-15,20H,3H2,1-2H3/b14-11+,21-15-/t20-/m0/s1. The third kappa shape index (κ3) is 4.38. The van der Waals surface area contributed by atoms with E-state index in [0.717, 1.165) is 5.56 Å². The predicted molar refractivity (Wildman–Crippen MR) is 123 cm³/mol. The molecule has 0 spiro atoms. The van der Waals surface area contributed by atoms with Gasteiger partial charge in [-0.3, -0.25) is 9.36 Å². The number of halogens is 1. The number of aromatic nitrogens is 1. The molecule has 1 aromatic heterocycles. The van der Waals surface area contributed by atoms with Crippen LogP contribution in [0.4, 0.5) is 4.39 Å². The number of benzene rings is 2. The molecule has 32 heavy (non-hydrogen) atoms. The summed E-state index contributed by atoms with van der Waals surface area (Å²) in [5, 5.41) is 0. The predicted octanol–water partition coefficient (Wildman–Crippen LogP) is 3.60. The molecule has 0 amide bonds. The molecule has 4 rings (SSSR count). The minimum absolute atomic E-state index is 0.222. The summed E-state index contributed by atoms with van der Waals surface area (Å²) in [4.78, 5) is 31.1. The van der Waals surface area contributed by atoms with E-state index in [0.29, 0.717) is 26.2 Å². The molecular formula is C25H21FN2O3S. The first-order valence-corrected chi connectivity index (χ1v) is 11.0. The quantitative estimate of drug-likeness (QED) is 0.561. The summed E-state index contributed by atoms with van der Waals surface area (Å²) >= 11 is 1.23. The van der Waals surface area contributed by atoms with E-state index in [2.05, 4.69) is 4.99 Å². The van der Waals surface area contributed by atoms with Gasteiger partial charge in [-0.2, -0.15) is 0 Å². The van der Waals surface area contributed by atoms with E-state index in [1.54, 1.807) is 32.1 Å². The number of allylic oxidation sites excluding steroid dienone is 2. The van der Waals surface area contributed by atoms with Gasteiger partial charge in [0.05, 0.1) is 28.5 Å². The van der Waals surface area contributed by atoms with Crippen molar-refractivity contribution in [1.82, 2.24) is 4.57 Å². The van der Waals surface area contributed by atoms with E-state index in [-0.39, 0.29) is 18.0 Å². The summed E-state index contributed by atoms with van der Waals surface area (Å²) in [6.45, 7) is 3.70. The van der Waals surface area contributed by atoms with E-state index < -0.39 is 12.0 Å². The van der Waals surface area contributed by atoms with Crippen LogP contribution in [-0.2, 0) is 9.53 Å². The number of rotatable bonds is 5. The van der Waals surface area contributed by atoms with Crippen molar-refractivity contribution in [3.05, 3.63) is 109 Å². The fourth-order valence-electron chi connectivity index (χ4n) is 3.49. The molecule has 0 saturated carbocycles. The molecule has 5 nitrogen and oxygen atoms in total. The van der Waals surface area contributed by atoms with Gasteiger partial charge in [0.25, 0.3) is 5.56 Å². The van der Waals surface area contributed by atoms with Crippen LogP contribution in [0.25, 0.3) is 12.2 Å². The van der Waals surface area contributed by atoms with Crippen molar-refractivity contribution in [3.8, 4) is 0 Å². The molecule has 0 radical (unpaired) electrons. The maximum atomic E-state index is 13.3. The summed E-state index contributed by atoms with van der Waals surface area (Å²) in [6, 6.07) is 14.9. The number of nitrogens with zero attached hydrogens (tertiary/aromatic N) is 2. The normalized spacial score (nSPS) is 16.2. The topological polar surface area (TPSA) is 60.7 Å². The molecule has 1 aliphatic heterocycles. The molecule has 0 fully saturated rings. The van der Waals surface area contributed by atoms with Gasteiger partial charge in [0, 0.05) is 0 Å². The number of hydrogen-bond acceptors (Lipinski definition) is 5. The van der Waals surface area contributed by atoms with Crippen LogP contribution >= 0.6 is 11.3 Å². The van der Waals surface area contributed by atoms with Gasteiger partial charge in [0.1, 0.15) is 5.82 Å².